The van der Waals surface area contributed by atoms with Crippen LogP contribution in [0.1, 0.15) is 55.2 Å². The van der Waals surface area contributed by atoms with Gasteiger partial charge in [-0.25, -0.2) is 0 Å². The number of aromatic nitrogens is 2. The molecule has 0 aliphatic carbocycles. The van der Waals surface area contributed by atoms with Gasteiger partial charge in [0.15, 0.2) is 5.49 Å². The summed E-state index contributed by atoms with van der Waals surface area (Å²) < 4.78 is 48.9. The van der Waals surface area contributed by atoms with Crippen molar-refractivity contribution in [3.05, 3.63) is 56.7 Å². The van der Waals surface area contributed by atoms with Gasteiger partial charge in [0.05, 0.1) is 23.1 Å². The fourth-order valence-corrected chi connectivity index (χ4v) is 3.74. The van der Waals surface area contributed by atoms with E-state index in [1.165, 1.54) is 0 Å². The minimum Gasteiger partial charge on any atom is -0.376 e. The number of amides is 1. The van der Waals surface area contributed by atoms with E-state index in [-0.39, 0.29) is 17.0 Å². The van der Waals surface area contributed by atoms with Crippen LogP contribution in [0.4, 0.5) is 18.9 Å². The Morgan fingerprint density at radius 3 is 2.47 bits per heavy atom. The van der Waals surface area contributed by atoms with Crippen LogP contribution < -0.4 is 5.49 Å². The maximum Gasteiger partial charge on any atom is 0.416 e. The maximum absolute atomic E-state index is 13.2. The van der Waals surface area contributed by atoms with Gasteiger partial charge in [-0.15, -0.1) is 0 Å². The molecule has 0 saturated carbocycles. The third-order valence-electron chi connectivity index (χ3n) is 5.33. The number of nitro benzene ring substituents is 1. The molecule has 1 amide bonds. The van der Waals surface area contributed by atoms with Crippen molar-refractivity contribution in [2.24, 2.45) is 12.0 Å². The molecule has 1 aromatic heterocycles. The molecule has 32 heavy (non-hydrogen) atoms. The largest absolute Gasteiger partial charge is 0.416 e. The van der Waals surface area contributed by atoms with Crippen molar-refractivity contribution in [3.8, 4) is 0 Å². The highest BCUT2D eigenvalue weighted by Crippen LogP contribution is 2.32. The van der Waals surface area contributed by atoms with Crippen LogP contribution in [0.2, 0.25) is 0 Å². The van der Waals surface area contributed by atoms with Crippen molar-refractivity contribution in [2.75, 3.05) is 6.61 Å². The highest BCUT2D eigenvalue weighted by atomic mass is 19.4. The minimum atomic E-state index is -4.84. The molecule has 0 bridgehead atoms. The minimum absolute atomic E-state index is 0.0693. The number of non-ortho nitro benzene ring substituents is 1. The van der Waals surface area contributed by atoms with E-state index in [4.69, 9.17) is 4.74 Å². The number of benzene rings is 1. The zero-order chi connectivity index (χ0) is 23.8. The molecule has 0 N–H and O–H groups in total. The van der Waals surface area contributed by atoms with Crippen LogP contribution in [0.5, 0.6) is 0 Å². The zero-order valence-corrected chi connectivity index (χ0v) is 18.3. The van der Waals surface area contributed by atoms with E-state index < -0.39 is 33.8 Å². The second-order valence-corrected chi connectivity index (χ2v) is 8.82. The standard InChI is InChI=1S/C21H25F3N4O4/c1-20(2,3)17-11-18(27(26(17)4)12-16-6-5-7-32-16)25-19(29)13-8-14(21(22,23)24)10-15(9-13)28(30)31/h8-11,16H,5-7,12H2,1-4H3/b25-18+/t16-/m1/s1. The first-order chi connectivity index (χ1) is 14.8. The van der Waals surface area contributed by atoms with E-state index >= 15 is 0 Å². The van der Waals surface area contributed by atoms with Crippen LogP contribution >= 0.6 is 0 Å². The molecule has 1 atom stereocenters. The normalized spacial score (nSPS) is 17.7. The Bertz CT molecular complexity index is 1100. The van der Waals surface area contributed by atoms with Crippen LogP contribution in [-0.2, 0) is 29.9 Å². The van der Waals surface area contributed by atoms with E-state index in [2.05, 4.69) is 4.99 Å². The number of nitro groups is 1. The lowest BCUT2D eigenvalue weighted by Gasteiger charge is -2.21. The molecule has 2 aromatic rings. The Morgan fingerprint density at radius 1 is 1.25 bits per heavy atom. The third kappa shape index (κ3) is 5.09. The summed E-state index contributed by atoms with van der Waals surface area (Å²) in [5.74, 6) is -0.994. The van der Waals surface area contributed by atoms with Gasteiger partial charge in [0.25, 0.3) is 11.6 Å². The summed E-state index contributed by atoms with van der Waals surface area (Å²) in [6, 6.07) is 3.49. The molecule has 1 aromatic carbocycles. The van der Waals surface area contributed by atoms with Crippen molar-refractivity contribution in [2.45, 2.75) is 57.9 Å². The number of halogens is 3. The molecule has 0 spiro atoms. The van der Waals surface area contributed by atoms with Gasteiger partial charge in [-0.1, -0.05) is 20.8 Å². The van der Waals surface area contributed by atoms with E-state index in [9.17, 15) is 28.1 Å². The van der Waals surface area contributed by atoms with Gasteiger partial charge < -0.3 is 4.74 Å². The van der Waals surface area contributed by atoms with Gasteiger partial charge in [-0.05, 0) is 18.9 Å². The molecule has 3 rings (SSSR count). The summed E-state index contributed by atoms with van der Waals surface area (Å²) >= 11 is 0. The number of hydrogen-bond acceptors (Lipinski definition) is 4. The van der Waals surface area contributed by atoms with Crippen molar-refractivity contribution in [1.29, 1.82) is 0 Å². The van der Waals surface area contributed by atoms with Crippen LogP contribution in [0.25, 0.3) is 0 Å². The fraction of sp³-hybridized carbons (Fsp3) is 0.524. The molecule has 0 radical (unpaired) electrons. The molecule has 1 fully saturated rings. The SMILES string of the molecule is Cn1c(C(C)(C)C)c/c(=N\C(=O)c2cc([N+](=O)[O-])cc(C(F)(F)F)c2)n1C[C@H]1CCCO1. The predicted octanol–water partition coefficient (Wildman–Crippen LogP) is 3.97. The van der Waals surface area contributed by atoms with Crippen molar-refractivity contribution >= 4 is 11.6 Å². The Morgan fingerprint density at radius 2 is 1.94 bits per heavy atom. The van der Waals surface area contributed by atoms with Gasteiger partial charge in [-0.3, -0.25) is 24.3 Å². The smallest absolute Gasteiger partial charge is 0.376 e. The Kier molecular flexibility index (Phi) is 6.32. The number of alkyl halides is 3. The van der Waals surface area contributed by atoms with Gasteiger partial charge in [0.1, 0.15) is 0 Å². The summed E-state index contributed by atoms with van der Waals surface area (Å²) in [6.07, 6.45) is -3.15. The lowest BCUT2D eigenvalue weighted by Crippen LogP contribution is -2.30. The molecule has 2 heterocycles. The first-order valence-electron chi connectivity index (χ1n) is 10.1. The average Bonchev–Trinajstić information content (AvgIpc) is 3.30. The van der Waals surface area contributed by atoms with Crippen LogP contribution in [0.3, 0.4) is 0 Å². The summed E-state index contributed by atoms with van der Waals surface area (Å²) in [4.78, 5) is 27.0. The fourth-order valence-electron chi connectivity index (χ4n) is 3.74. The molecule has 0 unspecified atom stereocenters. The molecule has 8 nitrogen and oxygen atoms in total. The topological polar surface area (TPSA) is 91.7 Å². The summed E-state index contributed by atoms with van der Waals surface area (Å²) in [5, 5.41) is 11.1. The summed E-state index contributed by atoms with van der Waals surface area (Å²) in [7, 11) is 1.81. The molecular weight excluding hydrogens is 429 g/mol. The summed E-state index contributed by atoms with van der Waals surface area (Å²) in [6.45, 7) is 7.02. The number of carbonyl (C=O) groups excluding carboxylic acids is 1. The molecule has 1 aliphatic heterocycles. The highest BCUT2D eigenvalue weighted by Gasteiger charge is 2.33. The molecule has 1 aliphatic rings. The first-order valence-corrected chi connectivity index (χ1v) is 10.1. The average molecular weight is 454 g/mol. The van der Waals surface area contributed by atoms with Crippen LogP contribution in [0, 0.1) is 10.1 Å². The summed E-state index contributed by atoms with van der Waals surface area (Å²) in [5.41, 5.74) is -1.79. The molecule has 11 heteroatoms. The van der Waals surface area contributed by atoms with Crippen molar-refractivity contribution < 1.29 is 27.6 Å². The first kappa shape index (κ1) is 23.7. The Balaban J connectivity index is 2.12. The highest BCUT2D eigenvalue weighted by molar-refractivity contribution is 5.95. The van der Waals surface area contributed by atoms with Crippen LogP contribution in [0.15, 0.2) is 29.3 Å². The lowest BCUT2D eigenvalue weighted by atomic mass is 9.92. The van der Waals surface area contributed by atoms with Crippen molar-refractivity contribution in [1.82, 2.24) is 9.36 Å². The number of carbonyl (C=O) groups is 1. The Labute approximate surface area is 182 Å². The number of rotatable bonds is 4. The number of nitrogens with zero attached hydrogens (tertiary/aromatic N) is 4. The molecular formula is C21H25F3N4O4. The zero-order valence-electron chi connectivity index (χ0n) is 18.3. The van der Waals surface area contributed by atoms with Crippen LogP contribution in [-0.4, -0.2) is 32.9 Å². The predicted molar refractivity (Wildman–Crippen MR) is 109 cm³/mol. The maximum atomic E-state index is 13.2. The second-order valence-electron chi connectivity index (χ2n) is 8.82. The van der Waals surface area contributed by atoms with E-state index in [1.54, 1.807) is 10.7 Å². The van der Waals surface area contributed by atoms with Gasteiger partial charge in [0, 0.05) is 48.5 Å². The number of hydrogen-bond donors (Lipinski definition) is 0. The van der Waals surface area contributed by atoms with Gasteiger partial charge >= 0.3 is 6.18 Å². The molecule has 174 valence electrons. The second kappa shape index (κ2) is 8.53. The lowest BCUT2D eigenvalue weighted by molar-refractivity contribution is -0.385. The third-order valence-corrected chi connectivity index (χ3v) is 5.33. The van der Waals surface area contributed by atoms with Crippen molar-refractivity contribution in [3.63, 3.8) is 0 Å². The number of ether oxygens (including phenoxy) is 1. The van der Waals surface area contributed by atoms with Gasteiger partial charge in [0.2, 0.25) is 0 Å². The monoisotopic (exact) mass is 454 g/mol. The van der Waals surface area contributed by atoms with E-state index in [0.29, 0.717) is 25.3 Å². The quantitative estimate of drug-likeness (QED) is 0.516. The van der Waals surface area contributed by atoms with E-state index in [1.807, 2.05) is 32.5 Å². The Hall–Kier alpha value is -2.95. The van der Waals surface area contributed by atoms with E-state index in [0.717, 1.165) is 24.6 Å². The van der Waals surface area contributed by atoms with Gasteiger partial charge in [-0.2, -0.15) is 18.2 Å². The molecule has 1 saturated heterocycles.